The predicted molar refractivity (Wildman–Crippen MR) is 120 cm³/mol. The van der Waals surface area contributed by atoms with Crippen molar-refractivity contribution in [3.63, 3.8) is 0 Å². The molecular formula is C20H15IO5S2. The standard InChI is InChI=1S/C20H15IO5S2/c1-26-17-7-3-13(4-8-17)2-6-16(22)12-28(24,25)19-11-14-10-15(21)5-9-18(14)27-20(19)23/h2-11H,12H2,1H3/b6-2-. The van der Waals surface area contributed by atoms with Crippen molar-refractivity contribution >= 4 is 65.7 Å². The average Bonchev–Trinajstić information content (AvgIpc) is 2.66. The molecule has 0 aliphatic carbocycles. The fourth-order valence-electron chi connectivity index (χ4n) is 2.51. The van der Waals surface area contributed by atoms with Gasteiger partial charge in [-0.25, -0.2) is 8.42 Å². The van der Waals surface area contributed by atoms with Gasteiger partial charge in [0.15, 0.2) is 15.6 Å². The molecule has 0 saturated carbocycles. The number of rotatable bonds is 6. The van der Waals surface area contributed by atoms with Crippen LogP contribution in [0.3, 0.4) is 0 Å². The minimum Gasteiger partial charge on any atom is -0.497 e. The number of hydrogen-bond donors (Lipinski definition) is 0. The van der Waals surface area contributed by atoms with E-state index in [4.69, 9.17) is 4.74 Å². The number of benzene rings is 2. The second-order valence-corrected chi connectivity index (χ2v) is 10.1. The quantitative estimate of drug-likeness (QED) is 0.360. The number of ether oxygens (including phenoxy) is 1. The third-order valence-electron chi connectivity index (χ3n) is 3.91. The molecule has 0 saturated heterocycles. The average molecular weight is 526 g/mol. The van der Waals surface area contributed by atoms with Crippen molar-refractivity contribution in [2.75, 3.05) is 12.9 Å². The van der Waals surface area contributed by atoms with Crippen molar-refractivity contribution < 1.29 is 17.9 Å². The Labute approximate surface area is 179 Å². The van der Waals surface area contributed by atoms with Crippen molar-refractivity contribution in [3.8, 4) is 5.75 Å². The van der Waals surface area contributed by atoms with Gasteiger partial charge >= 0.3 is 0 Å². The monoisotopic (exact) mass is 526 g/mol. The zero-order chi connectivity index (χ0) is 20.3. The lowest BCUT2D eigenvalue weighted by atomic mass is 10.2. The van der Waals surface area contributed by atoms with E-state index in [1.54, 1.807) is 43.5 Å². The number of carbonyl (C=O) groups excluding carboxylic acids is 1. The van der Waals surface area contributed by atoms with Gasteiger partial charge in [0.2, 0.25) is 0 Å². The van der Waals surface area contributed by atoms with Crippen molar-refractivity contribution in [3.05, 3.63) is 73.3 Å². The fourth-order valence-corrected chi connectivity index (χ4v) is 5.45. The van der Waals surface area contributed by atoms with Crippen LogP contribution in [-0.2, 0) is 14.6 Å². The Kier molecular flexibility index (Phi) is 6.31. The van der Waals surface area contributed by atoms with Crippen LogP contribution in [0, 0.1) is 3.57 Å². The van der Waals surface area contributed by atoms with Crippen LogP contribution in [0.5, 0.6) is 5.75 Å². The van der Waals surface area contributed by atoms with E-state index in [1.807, 2.05) is 6.07 Å². The van der Waals surface area contributed by atoms with E-state index in [9.17, 15) is 18.0 Å². The summed E-state index contributed by atoms with van der Waals surface area (Å²) < 4.78 is 31.4. The molecule has 0 spiro atoms. The lowest BCUT2D eigenvalue weighted by molar-refractivity contribution is -0.112. The first kappa shape index (κ1) is 20.7. The number of allylic oxidation sites excluding steroid dienone is 1. The van der Waals surface area contributed by atoms with Gasteiger partial charge in [-0.15, -0.1) is 0 Å². The molecule has 5 nitrogen and oxygen atoms in total. The Hall–Kier alpha value is -2.04. The van der Waals surface area contributed by atoms with Crippen molar-refractivity contribution in [2.24, 2.45) is 0 Å². The van der Waals surface area contributed by atoms with Crippen LogP contribution in [0.15, 0.2) is 64.3 Å². The number of halogens is 1. The zero-order valence-corrected chi connectivity index (χ0v) is 18.5. The minimum absolute atomic E-state index is 0.335. The summed E-state index contributed by atoms with van der Waals surface area (Å²) in [5.41, 5.74) is 0.735. The topological polar surface area (TPSA) is 77.5 Å². The molecule has 144 valence electrons. The molecule has 0 aliphatic heterocycles. The predicted octanol–water partition coefficient (Wildman–Crippen LogP) is 3.93. The highest BCUT2D eigenvalue weighted by Crippen LogP contribution is 2.22. The molecule has 0 N–H and O–H groups in total. The van der Waals surface area contributed by atoms with Crippen LogP contribution in [0.2, 0.25) is 0 Å². The van der Waals surface area contributed by atoms with E-state index in [-0.39, 0.29) is 4.90 Å². The number of hydrogen-bond acceptors (Lipinski definition) is 6. The molecule has 2 aromatic carbocycles. The van der Waals surface area contributed by atoms with Gasteiger partial charge in [0.25, 0.3) is 4.74 Å². The molecule has 0 unspecified atom stereocenters. The maximum Gasteiger partial charge on any atom is 0.251 e. The van der Waals surface area contributed by atoms with E-state index >= 15 is 0 Å². The first-order valence-corrected chi connectivity index (χ1v) is 11.6. The van der Waals surface area contributed by atoms with Gasteiger partial charge in [-0.3, -0.25) is 9.59 Å². The smallest absolute Gasteiger partial charge is 0.251 e. The summed E-state index contributed by atoms with van der Waals surface area (Å²) in [5, 5.41) is 0.663. The van der Waals surface area contributed by atoms with Gasteiger partial charge < -0.3 is 4.74 Å². The maximum absolute atomic E-state index is 12.6. The molecule has 3 rings (SSSR count). The zero-order valence-electron chi connectivity index (χ0n) is 14.7. The Bertz CT molecular complexity index is 1230. The number of fused-ring (bicyclic) bond motifs is 1. The molecule has 3 aromatic rings. The molecule has 0 atom stereocenters. The van der Waals surface area contributed by atoms with Gasteiger partial charge in [-0.2, -0.15) is 0 Å². The Morgan fingerprint density at radius 3 is 2.54 bits per heavy atom. The van der Waals surface area contributed by atoms with Crippen LogP contribution in [-0.4, -0.2) is 27.1 Å². The van der Waals surface area contributed by atoms with E-state index in [1.165, 1.54) is 18.2 Å². The minimum atomic E-state index is -4.03. The van der Waals surface area contributed by atoms with Gasteiger partial charge in [-0.05, 0) is 76.0 Å². The fraction of sp³-hybridized carbons (Fsp3) is 0.100. The molecule has 0 fully saturated rings. The number of methoxy groups -OCH3 is 1. The third-order valence-corrected chi connectivity index (χ3v) is 7.34. The number of sulfone groups is 1. The van der Waals surface area contributed by atoms with Gasteiger partial charge in [0, 0.05) is 8.27 Å². The summed E-state index contributed by atoms with van der Waals surface area (Å²) in [5.74, 6) is -0.666. The molecule has 0 amide bonds. The Morgan fingerprint density at radius 1 is 1.14 bits per heavy atom. The van der Waals surface area contributed by atoms with Gasteiger partial charge in [0.1, 0.15) is 16.4 Å². The Balaban J connectivity index is 1.83. The Morgan fingerprint density at radius 2 is 1.86 bits per heavy atom. The van der Waals surface area contributed by atoms with E-state index in [2.05, 4.69) is 22.6 Å². The first-order valence-electron chi connectivity index (χ1n) is 8.09. The molecule has 0 aliphatic rings. The van der Waals surface area contributed by atoms with E-state index in [0.29, 0.717) is 15.8 Å². The molecule has 1 aromatic heterocycles. The lowest BCUT2D eigenvalue weighted by Crippen LogP contribution is -2.19. The molecule has 8 heteroatoms. The summed E-state index contributed by atoms with van der Waals surface area (Å²) in [6.07, 6.45) is 2.73. The van der Waals surface area contributed by atoms with Crippen LogP contribution in [0.4, 0.5) is 0 Å². The van der Waals surface area contributed by atoms with Crippen molar-refractivity contribution in [2.45, 2.75) is 4.90 Å². The lowest BCUT2D eigenvalue weighted by Gasteiger charge is -2.04. The molecule has 1 heterocycles. The van der Waals surface area contributed by atoms with Crippen LogP contribution in [0.1, 0.15) is 5.56 Å². The molecular weight excluding hydrogens is 511 g/mol. The third kappa shape index (κ3) is 4.86. The molecule has 0 bridgehead atoms. The largest absolute Gasteiger partial charge is 0.497 e. The highest BCUT2D eigenvalue weighted by Gasteiger charge is 2.22. The number of carbonyl (C=O) groups is 1. The second kappa shape index (κ2) is 8.54. The summed E-state index contributed by atoms with van der Waals surface area (Å²) in [4.78, 5) is 24.1. The molecule has 0 radical (unpaired) electrons. The molecule has 28 heavy (non-hydrogen) atoms. The first-order chi connectivity index (χ1) is 13.3. The second-order valence-electron chi connectivity index (χ2n) is 5.91. The van der Waals surface area contributed by atoms with Crippen LogP contribution >= 0.6 is 33.9 Å². The highest BCUT2D eigenvalue weighted by atomic mass is 127. The maximum atomic E-state index is 12.6. The van der Waals surface area contributed by atoms with Crippen LogP contribution < -0.4 is 9.48 Å². The summed E-state index contributed by atoms with van der Waals surface area (Å²) >= 11 is 2.98. The SMILES string of the molecule is COc1ccc(/C=C\C(=O)CS(=O)(=O)c2cc3cc(I)ccc3sc2=O)cc1. The van der Waals surface area contributed by atoms with E-state index < -0.39 is 26.1 Å². The normalized spacial score (nSPS) is 11.8. The number of ketones is 1. The van der Waals surface area contributed by atoms with Crippen molar-refractivity contribution in [1.82, 2.24) is 0 Å². The highest BCUT2D eigenvalue weighted by molar-refractivity contribution is 14.1. The van der Waals surface area contributed by atoms with E-state index in [0.717, 1.165) is 20.5 Å². The summed E-state index contributed by atoms with van der Waals surface area (Å²) in [7, 11) is -2.48. The van der Waals surface area contributed by atoms with Crippen molar-refractivity contribution in [1.29, 1.82) is 0 Å². The van der Waals surface area contributed by atoms with Gasteiger partial charge in [-0.1, -0.05) is 29.5 Å². The van der Waals surface area contributed by atoms with Gasteiger partial charge in [0.05, 0.1) is 7.11 Å². The van der Waals surface area contributed by atoms with Crippen LogP contribution in [0.25, 0.3) is 16.2 Å². The summed E-state index contributed by atoms with van der Waals surface area (Å²) in [6.45, 7) is 0. The summed E-state index contributed by atoms with van der Waals surface area (Å²) in [6, 6.07) is 13.8.